The predicted octanol–water partition coefficient (Wildman–Crippen LogP) is 4.60. The van der Waals surface area contributed by atoms with Crippen LogP contribution in [0.3, 0.4) is 0 Å². The summed E-state index contributed by atoms with van der Waals surface area (Å²) < 4.78 is 12.9. The molecule has 0 radical (unpaired) electrons. The Labute approximate surface area is 168 Å². The number of halogens is 1. The fourth-order valence-corrected chi connectivity index (χ4v) is 3.29. The largest absolute Gasteiger partial charge is 0.372 e. The van der Waals surface area contributed by atoms with Gasteiger partial charge in [-0.05, 0) is 67.8 Å². The zero-order valence-corrected chi connectivity index (χ0v) is 15.9. The molecule has 1 aromatic heterocycles. The van der Waals surface area contributed by atoms with Gasteiger partial charge in [-0.2, -0.15) is 0 Å². The Morgan fingerprint density at radius 2 is 1.55 bits per heavy atom. The van der Waals surface area contributed by atoms with E-state index in [2.05, 4.69) is 37.6 Å². The Morgan fingerprint density at radius 1 is 0.862 bits per heavy atom. The van der Waals surface area contributed by atoms with E-state index in [0.717, 1.165) is 18.8 Å². The van der Waals surface area contributed by atoms with Crippen LogP contribution < -0.4 is 15.5 Å². The Bertz CT molecular complexity index is 952. The van der Waals surface area contributed by atoms with Gasteiger partial charge in [0.15, 0.2) is 0 Å². The molecular formula is C22H22FN5O. The number of benzene rings is 2. The minimum absolute atomic E-state index is 0.181. The zero-order chi connectivity index (χ0) is 20.1. The van der Waals surface area contributed by atoms with E-state index in [0.29, 0.717) is 11.5 Å². The van der Waals surface area contributed by atoms with Gasteiger partial charge in [0, 0.05) is 30.2 Å². The van der Waals surface area contributed by atoms with Crippen LogP contribution in [0.2, 0.25) is 0 Å². The van der Waals surface area contributed by atoms with Gasteiger partial charge in [0.25, 0.3) is 5.91 Å². The highest BCUT2D eigenvalue weighted by Crippen LogP contribution is 2.23. The normalized spacial score (nSPS) is 13.8. The Balaban J connectivity index is 1.36. The topological polar surface area (TPSA) is 70.2 Å². The Kier molecular flexibility index (Phi) is 5.65. The van der Waals surface area contributed by atoms with E-state index in [1.54, 1.807) is 0 Å². The Morgan fingerprint density at radius 3 is 2.21 bits per heavy atom. The van der Waals surface area contributed by atoms with E-state index in [4.69, 9.17) is 0 Å². The molecule has 0 unspecified atom stereocenters. The molecule has 148 valence electrons. The van der Waals surface area contributed by atoms with Crippen molar-refractivity contribution in [1.29, 1.82) is 0 Å². The summed E-state index contributed by atoms with van der Waals surface area (Å²) >= 11 is 0. The molecule has 1 saturated heterocycles. The molecular weight excluding hydrogens is 369 g/mol. The van der Waals surface area contributed by atoms with E-state index in [9.17, 15) is 9.18 Å². The predicted molar refractivity (Wildman–Crippen MR) is 112 cm³/mol. The summed E-state index contributed by atoms with van der Waals surface area (Å²) in [6.45, 7) is 2.22. The molecule has 7 heteroatoms. The molecule has 4 rings (SSSR count). The molecule has 29 heavy (non-hydrogen) atoms. The molecule has 0 atom stereocenters. The average molecular weight is 391 g/mol. The number of carbonyl (C=O) groups excluding carboxylic acids is 1. The summed E-state index contributed by atoms with van der Waals surface area (Å²) in [7, 11) is 0. The first-order valence-electron chi connectivity index (χ1n) is 9.68. The van der Waals surface area contributed by atoms with Gasteiger partial charge in [0.1, 0.15) is 17.3 Å². The highest BCUT2D eigenvalue weighted by molar-refractivity contribution is 6.02. The molecule has 1 aliphatic rings. The van der Waals surface area contributed by atoms with Crippen molar-refractivity contribution in [2.75, 3.05) is 28.6 Å². The standard InChI is InChI=1S/C22H22FN5O/c23-16-4-6-18(7-5-16)27-22(29)20-14-25-21(15-24-20)26-17-8-10-19(11-9-17)28-12-2-1-3-13-28/h4-11,14-15H,1-3,12-13H2,(H,25,26)(H,27,29). The van der Waals surface area contributed by atoms with Crippen molar-refractivity contribution in [2.45, 2.75) is 19.3 Å². The maximum Gasteiger partial charge on any atom is 0.275 e. The highest BCUT2D eigenvalue weighted by atomic mass is 19.1. The van der Waals surface area contributed by atoms with Crippen LogP contribution in [-0.2, 0) is 0 Å². The second-order valence-corrected chi connectivity index (χ2v) is 6.97. The first-order valence-corrected chi connectivity index (χ1v) is 9.68. The number of hydrogen-bond acceptors (Lipinski definition) is 5. The number of anilines is 4. The highest BCUT2D eigenvalue weighted by Gasteiger charge is 2.11. The van der Waals surface area contributed by atoms with E-state index < -0.39 is 5.91 Å². The quantitative estimate of drug-likeness (QED) is 0.665. The third-order valence-electron chi connectivity index (χ3n) is 4.85. The van der Waals surface area contributed by atoms with Gasteiger partial charge in [0.05, 0.1) is 12.4 Å². The van der Waals surface area contributed by atoms with Gasteiger partial charge in [0.2, 0.25) is 0 Å². The fourth-order valence-electron chi connectivity index (χ4n) is 3.29. The summed E-state index contributed by atoms with van der Waals surface area (Å²) in [6, 6.07) is 13.8. The third kappa shape index (κ3) is 4.87. The minimum Gasteiger partial charge on any atom is -0.372 e. The lowest BCUT2D eigenvalue weighted by atomic mass is 10.1. The SMILES string of the molecule is O=C(Nc1ccc(F)cc1)c1cnc(Nc2ccc(N3CCCCC3)cc2)cn1. The smallest absolute Gasteiger partial charge is 0.275 e. The van der Waals surface area contributed by atoms with Gasteiger partial charge in [-0.25, -0.2) is 14.4 Å². The molecule has 2 N–H and O–H groups in total. The first-order chi connectivity index (χ1) is 14.2. The molecule has 1 fully saturated rings. The van der Waals surface area contributed by atoms with Gasteiger partial charge in [-0.3, -0.25) is 4.79 Å². The molecule has 0 aliphatic carbocycles. The number of rotatable bonds is 5. The molecule has 2 heterocycles. The summed E-state index contributed by atoms with van der Waals surface area (Å²) in [5, 5.41) is 5.85. The van der Waals surface area contributed by atoms with Crippen molar-refractivity contribution in [3.05, 3.63) is 72.4 Å². The summed E-state index contributed by atoms with van der Waals surface area (Å²) in [5.74, 6) is -0.210. The third-order valence-corrected chi connectivity index (χ3v) is 4.85. The molecule has 3 aromatic rings. The zero-order valence-electron chi connectivity index (χ0n) is 15.9. The van der Waals surface area contributed by atoms with E-state index >= 15 is 0 Å². The lowest BCUT2D eigenvalue weighted by Gasteiger charge is -2.28. The summed E-state index contributed by atoms with van der Waals surface area (Å²) in [5.41, 5.74) is 2.81. The molecule has 1 aliphatic heterocycles. The number of aromatic nitrogens is 2. The van der Waals surface area contributed by atoms with E-state index in [-0.39, 0.29) is 11.5 Å². The van der Waals surface area contributed by atoms with Gasteiger partial charge >= 0.3 is 0 Å². The number of piperidine rings is 1. The lowest BCUT2D eigenvalue weighted by Crippen LogP contribution is -2.29. The van der Waals surface area contributed by atoms with Gasteiger partial charge in [-0.15, -0.1) is 0 Å². The second-order valence-electron chi connectivity index (χ2n) is 6.97. The molecule has 0 saturated carbocycles. The monoisotopic (exact) mass is 391 g/mol. The van der Waals surface area contributed by atoms with Crippen molar-refractivity contribution in [3.63, 3.8) is 0 Å². The van der Waals surface area contributed by atoms with Gasteiger partial charge < -0.3 is 15.5 Å². The summed E-state index contributed by atoms with van der Waals surface area (Å²) in [6.07, 6.45) is 6.72. The molecule has 0 bridgehead atoms. The van der Waals surface area contributed by atoms with Crippen LogP contribution in [0.1, 0.15) is 29.8 Å². The maximum atomic E-state index is 12.9. The number of amides is 1. The van der Waals surface area contributed by atoms with Crippen LogP contribution in [0, 0.1) is 5.82 Å². The van der Waals surface area contributed by atoms with E-state index in [1.807, 2.05) is 12.1 Å². The average Bonchev–Trinajstić information content (AvgIpc) is 2.77. The minimum atomic E-state index is -0.401. The van der Waals surface area contributed by atoms with Crippen LogP contribution in [0.4, 0.5) is 27.3 Å². The number of nitrogens with zero attached hydrogens (tertiary/aromatic N) is 3. The summed E-state index contributed by atoms with van der Waals surface area (Å²) in [4.78, 5) is 23.0. The number of nitrogens with one attached hydrogen (secondary N) is 2. The Hall–Kier alpha value is -3.48. The second kappa shape index (κ2) is 8.68. The molecule has 6 nitrogen and oxygen atoms in total. The van der Waals surface area contributed by atoms with Crippen molar-refractivity contribution in [3.8, 4) is 0 Å². The molecule has 1 amide bonds. The van der Waals surface area contributed by atoms with Crippen molar-refractivity contribution in [2.24, 2.45) is 0 Å². The van der Waals surface area contributed by atoms with Gasteiger partial charge in [-0.1, -0.05) is 0 Å². The van der Waals surface area contributed by atoms with Crippen LogP contribution in [-0.4, -0.2) is 29.0 Å². The van der Waals surface area contributed by atoms with Crippen LogP contribution in [0.15, 0.2) is 60.9 Å². The van der Waals surface area contributed by atoms with E-state index in [1.165, 1.54) is 61.6 Å². The first kappa shape index (κ1) is 18.9. The number of carbonyl (C=O) groups is 1. The number of hydrogen-bond donors (Lipinski definition) is 2. The van der Waals surface area contributed by atoms with Crippen LogP contribution >= 0.6 is 0 Å². The molecule has 2 aromatic carbocycles. The van der Waals surface area contributed by atoms with Crippen LogP contribution in [0.5, 0.6) is 0 Å². The van der Waals surface area contributed by atoms with Crippen molar-refractivity contribution < 1.29 is 9.18 Å². The van der Waals surface area contributed by atoms with Crippen molar-refractivity contribution >= 4 is 28.8 Å². The fraction of sp³-hybridized carbons (Fsp3) is 0.227. The maximum absolute atomic E-state index is 12.9. The molecule has 0 spiro atoms. The van der Waals surface area contributed by atoms with Crippen LogP contribution in [0.25, 0.3) is 0 Å². The van der Waals surface area contributed by atoms with Crippen molar-refractivity contribution in [1.82, 2.24) is 9.97 Å². The lowest BCUT2D eigenvalue weighted by molar-refractivity contribution is 0.102.